The van der Waals surface area contributed by atoms with E-state index in [0.29, 0.717) is 6.07 Å². The fourth-order valence-corrected chi connectivity index (χ4v) is 1.67. The number of aliphatic hydroxyl groups is 1. The molecule has 2 nitrogen and oxygen atoms in total. The van der Waals surface area contributed by atoms with Gasteiger partial charge in [-0.3, -0.25) is 5.73 Å². The van der Waals surface area contributed by atoms with E-state index in [2.05, 4.69) is 0 Å². The van der Waals surface area contributed by atoms with Gasteiger partial charge in [-0.2, -0.15) is 35.1 Å². The zero-order valence-electron chi connectivity index (χ0n) is 10.9. The fraction of sp³-hybridized carbons (Fsp3) is 0.500. The predicted molar refractivity (Wildman–Crippen MR) is 60.0 cm³/mol. The highest BCUT2D eigenvalue weighted by Crippen LogP contribution is 2.45. The van der Waals surface area contributed by atoms with Gasteiger partial charge in [0, 0.05) is 11.5 Å². The molecule has 0 fully saturated rings. The summed E-state index contributed by atoms with van der Waals surface area (Å²) >= 11 is 0. The first kappa shape index (κ1) is 18.6. The Kier molecular flexibility index (Phi) is 4.52. The number of benzene rings is 1. The van der Waals surface area contributed by atoms with E-state index in [-0.39, 0.29) is 6.07 Å². The van der Waals surface area contributed by atoms with E-state index < -0.39 is 41.0 Å². The van der Waals surface area contributed by atoms with Crippen LogP contribution in [0.1, 0.15) is 24.0 Å². The van der Waals surface area contributed by atoms with Crippen molar-refractivity contribution in [3.63, 3.8) is 0 Å². The number of halogens is 8. The Morgan fingerprint density at radius 3 is 1.86 bits per heavy atom. The van der Waals surface area contributed by atoms with Gasteiger partial charge in [-0.1, -0.05) is 25.1 Å². The first-order valence-corrected chi connectivity index (χ1v) is 5.75. The van der Waals surface area contributed by atoms with Gasteiger partial charge < -0.3 is 5.11 Å². The third kappa shape index (κ3) is 3.17. The van der Waals surface area contributed by atoms with Crippen molar-refractivity contribution in [2.45, 2.75) is 36.8 Å². The lowest BCUT2D eigenvalue weighted by molar-refractivity contribution is -0.289. The number of hydrogen-bond acceptors (Lipinski definition) is 2. The Hall–Kier alpha value is -1.42. The molecule has 0 aromatic heterocycles. The zero-order chi connectivity index (χ0) is 17.6. The lowest BCUT2D eigenvalue weighted by Gasteiger charge is -2.32. The van der Waals surface area contributed by atoms with Crippen molar-refractivity contribution in [3.8, 4) is 0 Å². The molecular formula is C12H11F8NO. The average Bonchev–Trinajstić information content (AvgIpc) is 2.35. The average molecular weight is 337 g/mol. The van der Waals surface area contributed by atoms with Crippen molar-refractivity contribution < 1.29 is 40.2 Å². The predicted octanol–water partition coefficient (Wildman–Crippen LogP) is 3.65. The van der Waals surface area contributed by atoms with Crippen LogP contribution >= 0.6 is 0 Å². The lowest BCUT2D eigenvalue weighted by atomic mass is 9.88. The monoisotopic (exact) mass is 337 g/mol. The van der Waals surface area contributed by atoms with Gasteiger partial charge in [0.15, 0.2) is 0 Å². The lowest BCUT2D eigenvalue weighted by Crippen LogP contribution is -2.57. The molecule has 1 aromatic rings. The van der Waals surface area contributed by atoms with Crippen LogP contribution in [0.3, 0.4) is 0 Å². The molecule has 0 aliphatic carbocycles. The van der Waals surface area contributed by atoms with Crippen LogP contribution in [0.5, 0.6) is 0 Å². The van der Waals surface area contributed by atoms with E-state index in [0.717, 1.165) is 19.1 Å². The highest BCUT2D eigenvalue weighted by Gasteiger charge is 2.59. The fourth-order valence-electron chi connectivity index (χ4n) is 1.67. The molecule has 0 heterocycles. The minimum Gasteiger partial charge on any atom is -0.367 e. The maximum Gasteiger partial charge on any atom is 0.458 e. The molecule has 2 atom stereocenters. The Labute approximate surface area is 119 Å². The third-order valence-corrected chi connectivity index (χ3v) is 3.22. The maximum atomic E-state index is 13.2. The van der Waals surface area contributed by atoms with Gasteiger partial charge >= 0.3 is 18.3 Å². The van der Waals surface area contributed by atoms with Crippen LogP contribution in [-0.2, 0) is 5.92 Å². The van der Waals surface area contributed by atoms with Crippen molar-refractivity contribution in [2.24, 2.45) is 5.73 Å². The number of nitrogens with two attached hydrogens (primary N) is 1. The quantitative estimate of drug-likeness (QED) is 0.653. The molecule has 0 aliphatic rings. The summed E-state index contributed by atoms with van der Waals surface area (Å²) in [7, 11) is 0. The Balaban J connectivity index is 3.29. The molecule has 10 heteroatoms. The largest absolute Gasteiger partial charge is 0.458 e. The molecule has 1 rings (SSSR count). The molecule has 0 saturated carbocycles. The summed E-state index contributed by atoms with van der Waals surface area (Å²) in [5.74, 6) is -7.20. The van der Waals surface area contributed by atoms with E-state index in [1.165, 1.54) is 0 Å². The van der Waals surface area contributed by atoms with Crippen LogP contribution in [0.25, 0.3) is 0 Å². The first-order chi connectivity index (χ1) is 9.62. The van der Waals surface area contributed by atoms with E-state index in [4.69, 9.17) is 5.73 Å². The summed E-state index contributed by atoms with van der Waals surface area (Å²) in [6.45, 7) is 0.762. The van der Waals surface area contributed by atoms with Crippen molar-refractivity contribution in [1.82, 2.24) is 0 Å². The summed E-state index contributed by atoms with van der Waals surface area (Å²) < 4.78 is 101. The minimum absolute atomic E-state index is 0.238. The molecular weight excluding hydrogens is 326 g/mol. The second-order valence-corrected chi connectivity index (χ2v) is 4.74. The molecule has 0 bridgehead atoms. The number of hydrogen-bond donors (Lipinski definition) is 2. The maximum absolute atomic E-state index is 13.2. The van der Waals surface area contributed by atoms with E-state index >= 15 is 0 Å². The molecule has 0 amide bonds. The normalized spacial score (nSPS) is 18.0. The van der Waals surface area contributed by atoms with Gasteiger partial charge in [-0.25, -0.2) is 0 Å². The highest BCUT2D eigenvalue weighted by molar-refractivity contribution is 5.31. The first-order valence-electron chi connectivity index (χ1n) is 5.75. The molecule has 0 spiro atoms. The molecule has 22 heavy (non-hydrogen) atoms. The summed E-state index contributed by atoms with van der Waals surface area (Å²) in [5.41, 5.74) is -1.19. The SMILES string of the molecule is CC(c1cccc(C(F)(F)C(F)(F)F)c1)C(N)(O)C(F)(F)F. The van der Waals surface area contributed by atoms with Crippen molar-refractivity contribution >= 4 is 0 Å². The Bertz CT molecular complexity index is 535. The summed E-state index contributed by atoms with van der Waals surface area (Å²) in [6.07, 6.45) is -11.2. The van der Waals surface area contributed by atoms with E-state index in [9.17, 15) is 40.2 Å². The van der Waals surface area contributed by atoms with Gasteiger partial charge in [-0.15, -0.1) is 0 Å². The van der Waals surface area contributed by atoms with Crippen LogP contribution < -0.4 is 5.73 Å². The second-order valence-electron chi connectivity index (χ2n) is 4.74. The molecule has 0 saturated heterocycles. The molecule has 0 radical (unpaired) electrons. The summed E-state index contributed by atoms with van der Waals surface area (Å²) in [4.78, 5) is 0. The van der Waals surface area contributed by atoms with Crippen LogP contribution in [0.4, 0.5) is 35.1 Å². The summed E-state index contributed by atoms with van der Waals surface area (Å²) in [5, 5.41) is 9.27. The summed E-state index contributed by atoms with van der Waals surface area (Å²) in [6, 6.07) is 2.26. The molecule has 1 aromatic carbocycles. The zero-order valence-corrected chi connectivity index (χ0v) is 10.9. The Morgan fingerprint density at radius 1 is 0.955 bits per heavy atom. The number of alkyl halides is 8. The van der Waals surface area contributed by atoms with Crippen molar-refractivity contribution in [2.75, 3.05) is 0 Å². The smallest absolute Gasteiger partial charge is 0.367 e. The van der Waals surface area contributed by atoms with E-state index in [1.807, 2.05) is 0 Å². The van der Waals surface area contributed by atoms with E-state index in [1.54, 1.807) is 0 Å². The van der Waals surface area contributed by atoms with Crippen molar-refractivity contribution in [3.05, 3.63) is 35.4 Å². The van der Waals surface area contributed by atoms with Gasteiger partial charge in [-0.05, 0) is 11.6 Å². The van der Waals surface area contributed by atoms with Gasteiger partial charge in [0.2, 0.25) is 5.72 Å². The van der Waals surface area contributed by atoms with Crippen LogP contribution in [0.2, 0.25) is 0 Å². The molecule has 126 valence electrons. The minimum atomic E-state index is -5.90. The van der Waals surface area contributed by atoms with Crippen LogP contribution in [-0.4, -0.2) is 23.2 Å². The molecule has 3 N–H and O–H groups in total. The van der Waals surface area contributed by atoms with Gasteiger partial charge in [0.25, 0.3) is 0 Å². The number of rotatable bonds is 3. The van der Waals surface area contributed by atoms with Crippen LogP contribution in [0.15, 0.2) is 24.3 Å². The molecule has 0 aliphatic heterocycles. The third-order valence-electron chi connectivity index (χ3n) is 3.22. The standard InChI is InChI=1S/C12H11F8NO/c1-6(10(21,22)12(18,19)20)7-3-2-4-8(5-7)9(13,14)11(15,16)17/h2-6,22H,21H2,1H3. The Morgan fingerprint density at radius 2 is 1.45 bits per heavy atom. The van der Waals surface area contributed by atoms with Crippen molar-refractivity contribution in [1.29, 1.82) is 0 Å². The topological polar surface area (TPSA) is 46.2 Å². The molecule has 2 unspecified atom stereocenters. The van der Waals surface area contributed by atoms with Crippen LogP contribution in [0, 0.1) is 0 Å². The van der Waals surface area contributed by atoms with Gasteiger partial charge in [0.05, 0.1) is 0 Å². The highest BCUT2D eigenvalue weighted by atomic mass is 19.4. The van der Waals surface area contributed by atoms with Gasteiger partial charge in [0.1, 0.15) is 0 Å². The second kappa shape index (κ2) is 5.34.